The van der Waals surface area contributed by atoms with Gasteiger partial charge in [0.15, 0.2) is 11.6 Å². The molecule has 0 unspecified atom stereocenters. The van der Waals surface area contributed by atoms with Gasteiger partial charge in [-0.3, -0.25) is 4.79 Å². The SMILES string of the molecule is O=C(NCCCC(F)(F)F)c1cccc(F)c1F. The van der Waals surface area contributed by atoms with E-state index in [0.29, 0.717) is 0 Å². The Labute approximate surface area is 99.8 Å². The minimum Gasteiger partial charge on any atom is -0.352 e. The molecule has 0 saturated carbocycles. The molecule has 0 atom stereocenters. The normalized spacial score (nSPS) is 11.4. The summed E-state index contributed by atoms with van der Waals surface area (Å²) >= 11 is 0. The van der Waals surface area contributed by atoms with Crippen LogP contribution in [0.15, 0.2) is 18.2 Å². The van der Waals surface area contributed by atoms with E-state index in [2.05, 4.69) is 5.32 Å². The van der Waals surface area contributed by atoms with Crippen LogP contribution in [0.25, 0.3) is 0 Å². The predicted octanol–water partition coefficient (Wildman–Crippen LogP) is 3.04. The van der Waals surface area contributed by atoms with Crippen LogP contribution in [0.1, 0.15) is 23.2 Å². The molecule has 0 aliphatic carbocycles. The number of nitrogens with one attached hydrogen (secondary N) is 1. The van der Waals surface area contributed by atoms with E-state index in [1.54, 1.807) is 0 Å². The average Bonchev–Trinajstić information content (AvgIpc) is 2.26. The lowest BCUT2D eigenvalue weighted by Gasteiger charge is -2.08. The van der Waals surface area contributed by atoms with Gasteiger partial charge in [-0.1, -0.05) is 6.07 Å². The van der Waals surface area contributed by atoms with E-state index in [4.69, 9.17) is 0 Å². The number of benzene rings is 1. The molecule has 0 aliphatic heterocycles. The Kier molecular flexibility index (Phi) is 4.63. The Bertz CT molecular complexity index is 430. The Hall–Kier alpha value is -1.66. The molecule has 0 fully saturated rings. The second-order valence-corrected chi connectivity index (χ2v) is 3.58. The highest BCUT2D eigenvalue weighted by atomic mass is 19.4. The van der Waals surface area contributed by atoms with Crippen molar-refractivity contribution >= 4 is 5.91 Å². The first-order valence-corrected chi connectivity index (χ1v) is 5.10. The van der Waals surface area contributed by atoms with Crippen LogP contribution in [0.5, 0.6) is 0 Å². The van der Waals surface area contributed by atoms with Gasteiger partial charge in [0.2, 0.25) is 0 Å². The standard InChI is InChI=1S/C11H10F5NO/c12-8-4-1-3-7(9(8)13)10(18)17-6-2-5-11(14,15)16/h1,3-4H,2,5-6H2,(H,17,18). The van der Waals surface area contributed by atoms with E-state index in [-0.39, 0.29) is 13.0 Å². The van der Waals surface area contributed by atoms with Gasteiger partial charge in [0.05, 0.1) is 5.56 Å². The summed E-state index contributed by atoms with van der Waals surface area (Å²) in [7, 11) is 0. The number of amides is 1. The quantitative estimate of drug-likeness (QED) is 0.659. The summed E-state index contributed by atoms with van der Waals surface area (Å²) < 4.78 is 61.3. The highest BCUT2D eigenvalue weighted by Crippen LogP contribution is 2.20. The molecule has 100 valence electrons. The summed E-state index contributed by atoms with van der Waals surface area (Å²) in [6.07, 6.45) is -5.65. The van der Waals surface area contributed by atoms with Gasteiger partial charge in [-0.2, -0.15) is 13.2 Å². The first-order valence-electron chi connectivity index (χ1n) is 5.10. The lowest BCUT2D eigenvalue weighted by atomic mass is 10.2. The van der Waals surface area contributed by atoms with E-state index in [9.17, 15) is 26.7 Å². The van der Waals surface area contributed by atoms with Crippen LogP contribution in [0.3, 0.4) is 0 Å². The van der Waals surface area contributed by atoms with Crippen LogP contribution in [-0.2, 0) is 0 Å². The molecule has 1 aromatic carbocycles. The Morgan fingerprint density at radius 3 is 2.50 bits per heavy atom. The summed E-state index contributed by atoms with van der Waals surface area (Å²) in [5, 5.41) is 2.09. The maximum absolute atomic E-state index is 13.1. The summed E-state index contributed by atoms with van der Waals surface area (Å²) in [6, 6.07) is 3.04. The Morgan fingerprint density at radius 1 is 1.22 bits per heavy atom. The third-order valence-electron chi connectivity index (χ3n) is 2.12. The third-order valence-corrected chi connectivity index (χ3v) is 2.12. The summed E-state index contributed by atoms with van der Waals surface area (Å²) in [6.45, 7) is -0.256. The second-order valence-electron chi connectivity index (χ2n) is 3.58. The zero-order chi connectivity index (χ0) is 13.8. The molecule has 18 heavy (non-hydrogen) atoms. The lowest BCUT2D eigenvalue weighted by molar-refractivity contribution is -0.135. The predicted molar refractivity (Wildman–Crippen MR) is 54.0 cm³/mol. The van der Waals surface area contributed by atoms with Crippen molar-refractivity contribution in [2.24, 2.45) is 0 Å². The molecule has 2 nitrogen and oxygen atoms in total. The number of rotatable bonds is 4. The zero-order valence-electron chi connectivity index (χ0n) is 9.15. The van der Waals surface area contributed by atoms with Crippen LogP contribution >= 0.6 is 0 Å². The van der Waals surface area contributed by atoms with Crippen molar-refractivity contribution in [3.05, 3.63) is 35.4 Å². The topological polar surface area (TPSA) is 29.1 Å². The molecule has 0 aliphatic rings. The molecule has 0 bridgehead atoms. The molecule has 7 heteroatoms. The van der Waals surface area contributed by atoms with E-state index >= 15 is 0 Å². The third kappa shape index (κ3) is 4.31. The van der Waals surface area contributed by atoms with E-state index in [0.717, 1.165) is 18.2 Å². The van der Waals surface area contributed by atoms with Crippen molar-refractivity contribution in [3.63, 3.8) is 0 Å². The largest absolute Gasteiger partial charge is 0.389 e. The fourth-order valence-electron chi connectivity index (χ4n) is 1.27. The smallest absolute Gasteiger partial charge is 0.352 e. The van der Waals surface area contributed by atoms with Gasteiger partial charge >= 0.3 is 6.18 Å². The van der Waals surface area contributed by atoms with Crippen molar-refractivity contribution in [1.29, 1.82) is 0 Å². The van der Waals surface area contributed by atoms with Gasteiger partial charge in [-0.05, 0) is 18.6 Å². The van der Waals surface area contributed by atoms with E-state index < -0.39 is 35.7 Å². The highest BCUT2D eigenvalue weighted by molar-refractivity contribution is 5.94. The molecule has 0 spiro atoms. The zero-order valence-corrected chi connectivity index (χ0v) is 9.15. The van der Waals surface area contributed by atoms with Crippen LogP contribution < -0.4 is 5.32 Å². The summed E-state index contributed by atoms with van der Waals surface area (Å²) in [5.41, 5.74) is -0.526. The van der Waals surface area contributed by atoms with Crippen LogP contribution in [0, 0.1) is 11.6 Å². The fraction of sp³-hybridized carbons (Fsp3) is 0.364. The minimum absolute atomic E-state index is 0.256. The van der Waals surface area contributed by atoms with Crippen molar-refractivity contribution in [1.82, 2.24) is 5.32 Å². The number of carbonyl (C=O) groups is 1. The number of carbonyl (C=O) groups excluding carboxylic acids is 1. The van der Waals surface area contributed by atoms with Gasteiger partial charge in [0.1, 0.15) is 0 Å². The van der Waals surface area contributed by atoms with Gasteiger partial charge in [-0.15, -0.1) is 0 Å². The molecule has 1 rings (SSSR count). The first kappa shape index (κ1) is 14.4. The molecular formula is C11H10F5NO. The van der Waals surface area contributed by atoms with Crippen molar-refractivity contribution in [2.45, 2.75) is 19.0 Å². The Balaban J connectivity index is 2.49. The van der Waals surface area contributed by atoms with Crippen LogP contribution in [0.4, 0.5) is 22.0 Å². The van der Waals surface area contributed by atoms with E-state index in [1.807, 2.05) is 0 Å². The lowest BCUT2D eigenvalue weighted by Crippen LogP contribution is -2.26. The molecule has 0 saturated heterocycles. The fourth-order valence-corrected chi connectivity index (χ4v) is 1.27. The van der Waals surface area contributed by atoms with Crippen LogP contribution in [-0.4, -0.2) is 18.6 Å². The summed E-state index contributed by atoms with van der Waals surface area (Å²) in [4.78, 5) is 11.3. The van der Waals surface area contributed by atoms with Crippen molar-refractivity contribution in [3.8, 4) is 0 Å². The molecular weight excluding hydrogens is 257 g/mol. The van der Waals surface area contributed by atoms with Crippen LogP contribution in [0.2, 0.25) is 0 Å². The first-order chi connectivity index (χ1) is 8.31. The van der Waals surface area contributed by atoms with Gasteiger partial charge in [0, 0.05) is 13.0 Å². The molecule has 1 N–H and O–H groups in total. The number of alkyl halides is 3. The molecule has 1 amide bonds. The van der Waals surface area contributed by atoms with Crippen molar-refractivity contribution < 1.29 is 26.7 Å². The molecule has 1 aromatic rings. The van der Waals surface area contributed by atoms with E-state index in [1.165, 1.54) is 0 Å². The Morgan fingerprint density at radius 2 is 1.89 bits per heavy atom. The number of halogens is 5. The maximum Gasteiger partial charge on any atom is 0.389 e. The molecule has 0 radical (unpaired) electrons. The van der Waals surface area contributed by atoms with Gasteiger partial charge in [0.25, 0.3) is 5.91 Å². The monoisotopic (exact) mass is 267 g/mol. The van der Waals surface area contributed by atoms with Gasteiger partial charge < -0.3 is 5.32 Å². The molecule has 0 heterocycles. The van der Waals surface area contributed by atoms with Crippen molar-refractivity contribution in [2.75, 3.05) is 6.54 Å². The second kappa shape index (κ2) is 5.79. The average molecular weight is 267 g/mol. The molecule has 0 aromatic heterocycles. The minimum atomic E-state index is -4.30. The van der Waals surface area contributed by atoms with Gasteiger partial charge in [-0.25, -0.2) is 8.78 Å². The summed E-state index contributed by atoms with van der Waals surface area (Å²) in [5.74, 6) is -3.43. The number of hydrogen-bond donors (Lipinski definition) is 1. The maximum atomic E-state index is 13.1. The number of hydrogen-bond acceptors (Lipinski definition) is 1. The highest BCUT2D eigenvalue weighted by Gasteiger charge is 2.26.